The zero-order valence-corrected chi connectivity index (χ0v) is 17.8. The van der Waals surface area contributed by atoms with E-state index in [9.17, 15) is 8.42 Å². The molecule has 0 aliphatic carbocycles. The third kappa shape index (κ3) is 3.27. The number of fused-ring (bicyclic) bond motifs is 1. The van der Waals surface area contributed by atoms with Crippen LogP contribution < -0.4 is 5.32 Å². The number of hydrogen-bond acceptors (Lipinski definition) is 7. The van der Waals surface area contributed by atoms with Gasteiger partial charge in [0.2, 0.25) is 0 Å². The number of aromatic nitrogens is 5. The van der Waals surface area contributed by atoms with E-state index in [1.807, 2.05) is 6.20 Å². The van der Waals surface area contributed by atoms with Crippen LogP contribution in [-0.2, 0) is 15.6 Å². The Morgan fingerprint density at radius 3 is 2.61 bits per heavy atom. The molecule has 0 radical (unpaired) electrons. The Labute approximate surface area is 184 Å². The Kier molecular flexibility index (Phi) is 5.26. The summed E-state index contributed by atoms with van der Waals surface area (Å²) in [4.78, 5) is 8.79. The molecule has 0 bridgehead atoms. The van der Waals surface area contributed by atoms with E-state index in [0.717, 1.165) is 5.56 Å². The fourth-order valence-corrected chi connectivity index (χ4v) is 5.01. The number of nitrogens with one attached hydrogen (secondary N) is 1. The van der Waals surface area contributed by atoms with Gasteiger partial charge in [0.1, 0.15) is 11.9 Å². The van der Waals surface area contributed by atoms with Crippen LogP contribution in [0.2, 0.25) is 0 Å². The summed E-state index contributed by atoms with van der Waals surface area (Å²) in [7, 11) is -3.78. The van der Waals surface area contributed by atoms with E-state index < -0.39 is 10.0 Å². The van der Waals surface area contributed by atoms with Gasteiger partial charge in [-0.2, -0.15) is 10.4 Å². The van der Waals surface area contributed by atoms with Crippen molar-refractivity contribution in [2.24, 2.45) is 0 Å². The minimum Gasteiger partial charge on any atom is -0.312 e. The topological polar surface area (TPSA) is 118 Å². The first-order chi connectivity index (χ1) is 14.5. The Hall–Kier alpha value is -3.26. The van der Waals surface area contributed by atoms with Gasteiger partial charge < -0.3 is 5.32 Å². The van der Waals surface area contributed by atoms with Gasteiger partial charge in [0, 0.05) is 36.4 Å². The lowest BCUT2D eigenvalue weighted by Gasteiger charge is -2.41. The van der Waals surface area contributed by atoms with Crippen LogP contribution in [0.15, 0.2) is 66.2 Å². The smallest absolute Gasteiger partial charge is 0.269 e. The predicted molar refractivity (Wildman–Crippen MR) is 116 cm³/mol. The summed E-state index contributed by atoms with van der Waals surface area (Å²) in [5, 5.41) is 17.4. The molecule has 31 heavy (non-hydrogen) atoms. The van der Waals surface area contributed by atoms with Gasteiger partial charge in [0.15, 0.2) is 5.65 Å². The minimum atomic E-state index is -3.78. The minimum absolute atomic E-state index is 0. The molecule has 158 valence electrons. The predicted octanol–water partition coefficient (Wildman–Crippen LogP) is 2.17. The van der Waals surface area contributed by atoms with Crippen molar-refractivity contribution >= 4 is 33.5 Å². The standard InChI is InChI=1S/C20H17N7O2S.ClH/c21-8-7-20(12-22-13-20)27-11-15(10-25-27)18-17-6-9-26(19(17)24-14-23-18)30(28,29)16-4-2-1-3-5-16;/h1-6,9-11,14,22H,7,12-13H2;1H. The molecule has 0 amide bonds. The van der Waals surface area contributed by atoms with Crippen LogP contribution >= 0.6 is 12.4 Å². The van der Waals surface area contributed by atoms with Gasteiger partial charge in [-0.25, -0.2) is 22.4 Å². The number of halogens is 1. The molecule has 1 saturated heterocycles. The van der Waals surface area contributed by atoms with E-state index >= 15 is 0 Å². The molecule has 0 spiro atoms. The highest BCUT2D eigenvalue weighted by molar-refractivity contribution is 7.90. The molecule has 1 aromatic carbocycles. The second-order valence-corrected chi connectivity index (χ2v) is 9.04. The van der Waals surface area contributed by atoms with Gasteiger partial charge in [-0.15, -0.1) is 12.4 Å². The lowest BCUT2D eigenvalue weighted by Crippen LogP contribution is -2.60. The van der Waals surface area contributed by atoms with Crippen LogP contribution in [0.3, 0.4) is 0 Å². The maximum absolute atomic E-state index is 13.1. The number of hydrogen-bond donors (Lipinski definition) is 1. The third-order valence-corrected chi connectivity index (χ3v) is 7.09. The molecular weight excluding hydrogens is 438 g/mol. The maximum atomic E-state index is 13.1. The molecule has 3 aromatic heterocycles. The molecular formula is C20H18ClN7O2S. The van der Waals surface area contributed by atoms with Crippen LogP contribution in [0.1, 0.15) is 6.42 Å². The van der Waals surface area contributed by atoms with Crippen molar-refractivity contribution in [2.75, 3.05) is 13.1 Å². The van der Waals surface area contributed by atoms with Crippen molar-refractivity contribution in [1.82, 2.24) is 29.0 Å². The summed E-state index contributed by atoms with van der Waals surface area (Å²) in [5.41, 5.74) is 1.27. The van der Waals surface area contributed by atoms with Gasteiger partial charge >= 0.3 is 0 Å². The van der Waals surface area contributed by atoms with E-state index in [-0.39, 0.29) is 22.8 Å². The normalized spacial score (nSPS) is 15.1. The summed E-state index contributed by atoms with van der Waals surface area (Å²) < 4.78 is 29.1. The number of rotatable bonds is 5. The number of nitrogens with zero attached hydrogens (tertiary/aromatic N) is 6. The van der Waals surface area contributed by atoms with Crippen LogP contribution in [0.4, 0.5) is 0 Å². The van der Waals surface area contributed by atoms with Crippen molar-refractivity contribution in [1.29, 1.82) is 5.26 Å². The van der Waals surface area contributed by atoms with Crippen molar-refractivity contribution < 1.29 is 8.42 Å². The number of benzene rings is 1. The lowest BCUT2D eigenvalue weighted by atomic mass is 9.89. The Morgan fingerprint density at radius 2 is 1.94 bits per heavy atom. The van der Waals surface area contributed by atoms with E-state index in [1.54, 1.807) is 47.3 Å². The second kappa shape index (κ2) is 7.77. The summed E-state index contributed by atoms with van der Waals surface area (Å²) in [6, 6.07) is 12.1. The molecule has 0 atom stereocenters. The SMILES string of the molecule is Cl.N#CCC1(n2cc(-c3ncnc4c3ccn4S(=O)(=O)c3ccccc3)cn2)CNC1. The first-order valence-electron chi connectivity index (χ1n) is 9.31. The van der Waals surface area contributed by atoms with Crippen molar-refractivity contribution in [2.45, 2.75) is 16.9 Å². The molecule has 5 rings (SSSR count). The van der Waals surface area contributed by atoms with Crippen molar-refractivity contribution in [3.8, 4) is 17.3 Å². The van der Waals surface area contributed by atoms with Gasteiger partial charge in [-0.3, -0.25) is 4.68 Å². The Morgan fingerprint density at radius 1 is 1.16 bits per heavy atom. The first-order valence-corrected chi connectivity index (χ1v) is 10.8. The Balaban J connectivity index is 0.00000231. The van der Waals surface area contributed by atoms with Crippen LogP contribution in [0.25, 0.3) is 22.3 Å². The lowest BCUT2D eigenvalue weighted by molar-refractivity contribution is 0.160. The van der Waals surface area contributed by atoms with Crippen molar-refractivity contribution in [3.63, 3.8) is 0 Å². The summed E-state index contributed by atoms with van der Waals surface area (Å²) >= 11 is 0. The third-order valence-electron chi connectivity index (χ3n) is 5.41. The van der Waals surface area contributed by atoms with Crippen molar-refractivity contribution in [3.05, 3.63) is 61.3 Å². The first kappa shape index (κ1) is 21.0. The van der Waals surface area contributed by atoms with E-state index in [2.05, 4.69) is 26.5 Å². The molecule has 0 saturated carbocycles. The van der Waals surface area contributed by atoms with E-state index in [4.69, 9.17) is 5.26 Å². The summed E-state index contributed by atoms with van der Waals surface area (Å²) in [5.74, 6) is 0. The number of nitriles is 1. The average Bonchev–Trinajstić information content (AvgIpc) is 3.39. The fourth-order valence-electron chi connectivity index (χ4n) is 3.69. The zero-order chi connectivity index (χ0) is 20.8. The van der Waals surface area contributed by atoms with Gasteiger partial charge in [0.25, 0.3) is 10.0 Å². The van der Waals surface area contributed by atoms with Gasteiger partial charge in [-0.1, -0.05) is 18.2 Å². The molecule has 4 aromatic rings. The molecule has 11 heteroatoms. The van der Waals surface area contributed by atoms with E-state index in [1.165, 1.54) is 16.5 Å². The highest BCUT2D eigenvalue weighted by atomic mass is 35.5. The molecule has 1 aliphatic heterocycles. The zero-order valence-electron chi connectivity index (χ0n) is 16.2. The van der Waals surface area contributed by atoms with E-state index in [0.29, 0.717) is 36.2 Å². The molecule has 1 aliphatic rings. The molecule has 1 N–H and O–H groups in total. The van der Waals surface area contributed by atoms with Gasteiger partial charge in [-0.05, 0) is 18.2 Å². The van der Waals surface area contributed by atoms with Crippen LogP contribution in [-0.4, -0.2) is 45.2 Å². The largest absolute Gasteiger partial charge is 0.312 e. The summed E-state index contributed by atoms with van der Waals surface area (Å²) in [6.45, 7) is 1.35. The maximum Gasteiger partial charge on any atom is 0.269 e. The van der Waals surface area contributed by atoms with Crippen LogP contribution in [0, 0.1) is 11.3 Å². The monoisotopic (exact) mass is 455 g/mol. The molecule has 4 heterocycles. The van der Waals surface area contributed by atoms with Gasteiger partial charge in [0.05, 0.1) is 29.3 Å². The highest BCUT2D eigenvalue weighted by Crippen LogP contribution is 2.31. The average molecular weight is 456 g/mol. The summed E-state index contributed by atoms with van der Waals surface area (Å²) in [6.07, 6.45) is 6.72. The second-order valence-electron chi connectivity index (χ2n) is 7.23. The Bertz CT molecular complexity index is 1390. The highest BCUT2D eigenvalue weighted by Gasteiger charge is 2.39. The molecule has 0 unspecified atom stereocenters. The quantitative estimate of drug-likeness (QED) is 0.489. The van der Waals surface area contributed by atoms with Crippen LogP contribution in [0.5, 0.6) is 0 Å². The molecule has 9 nitrogen and oxygen atoms in total. The molecule has 1 fully saturated rings. The fraction of sp³-hybridized carbons (Fsp3) is 0.200.